The van der Waals surface area contributed by atoms with Crippen molar-refractivity contribution in [3.8, 4) is 11.4 Å². The molecule has 0 spiro atoms. The fourth-order valence-corrected chi connectivity index (χ4v) is 2.41. The number of nitrogens with zero attached hydrogens (tertiary/aromatic N) is 2. The summed E-state index contributed by atoms with van der Waals surface area (Å²) in [4.78, 5) is 15.1. The summed E-state index contributed by atoms with van der Waals surface area (Å²) in [5.41, 5.74) is 7.17. The lowest BCUT2D eigenvalue weighted by molar-refractivity contribution is -0.115. The SMILES string of the molecule is COc1ccc(C)cc1-n1ccnc1SCC(N)=O. The Kier molecular flexibility index (Phi) is 4.11. The van der Waals surface area contributed by atoms with Gasteiger partial charge in [-0.1, -0.05) is 17.8 Å². The summed E-state index contributed by atoms with van der Waals surface area (Å²) in [6, 6.07) is 5.90. The van der Waals surface area contributed by atoms with Gasteiger partial charge in [0.2, 0.25) is 5.91 Å². The zero-order valence-corrected chi connectivity index (χ0v) is 11.6. The number of hydrogen-bond donors (Lipinski definition) is 1. The van der Waals surface area contributed by atoms with Gasteiger partial charge in [-0.2, -0.15) is 0 Å². The van der Waals surface area contributed by atoms with Crippen molar-refractivity contribution in [2.75, 3.05) is 12.9 Å². The number of thioether (sulfide) groups is 1. The third-order valence-electron chi connectivity index (χ3n) is 2.54. The maximum Gasteiger partial charge on any atom is 0.227 e. The second kappa shape index (κ2) is 5.79. The van der Waals surface area contributed by atoms with Gasteiger partial charge < -0.3 is 10.5 Å². The van der Waals surface area contributed by atoms with Crippen LogP contribution in [0.2, 0.25) is 0 Å². The van der Waals surface area contributed by atoms with E-state index in [-0.39, 0.29) is 11.7 Å². The summed E-state index contributed by atoms with van der Waals surface area (Å²) in [5.74, 6) is 0.589. The van der Waals surface area contributed by atoms with E-state index >= 15 is 0 Å². The molecule has 0 unspecified atom stereocenters. The Bertz CT molecular complexity index is 595. The van der Waals surface area contributed by atoms with Crippen molar-refractivity contribution in [2.45, 2.75) is 12.1 Å². The fourth-order valence-electron chi connectivity index (χ4n) is 1.70. The Morgan fingerprint density at radius 3 is 3.00 bits per heavy atom. The van der Waals surface area contributed by atoms with E-state index in [9.17, 15) is 4.79 Å². The number of carbonyl (C=O) groups is 1. The van der Waals surface area contributed by atoms with Crippen LogP contribution in [-0.4, -0.2) is 28.3 Å². The minimum absolute atomic E-state index is 0.200. The third kappa shape index (κ3) is 3.08. The fraction of sp³-hybridized carbons (Fsp3) is 0.231. The molecule has 1 heterocycles. The van der Waals surface area contributed by atoms with Crippen molar-refractivity contribution >= 4 is 17.7 Å². The van der Waals surface area contributed by atoms with E-state index in [1.165, 1.54) is 11.8 Å². The van der Waals surface area contributed by atoms with Gasteiger partial charge in [-0.3, -0.25) is 9.36 Å². The second-order valence-electron chi connectivity index (χ2n) is 4.01. The second-order valence-corrected chi connectivity index (χ2v) is 4.95. The average Bonchev–Trinajstić information content (AvgIpc) is 2.84. The van der Waals surface area contributed by atoms with Crippen molar-refractivity contribution in [1.82, 2.24) is 9.55 Å². The lowest BCUT2D eigenvalue weighted by Gasteiger charge is -2.12. The van der Waals surface area contributed by atoms with Gasteiger partial charge in [0.1, 0.15) is 5.75 Å². The summed E-state index contributed by atoms with van der Waals surface area (Å²) >= 11 is 1.30. The van der Waals surface area contributed by atoms with Crippen LogP contribution in [0.1, 0.15) is 5.56 Å². The number of methoxy groups -OCH3 is 1. The molecule has 2 rings (SSSR count). The van der Waals surface area contributed by atoms with Gasteiger partial charge in [-0.25, -0.2) is 4.98 Å². The van der Waals surface area contributed by atoms with Crippen molar-refractivity contribution in [3.63, 3.8) is 0 Å². The maximum absolute atomic E-state index is 10.9. The first-order valence-corrected chi connectivity index (χ1v) is 6.70. The normalized spacial score (nSPS) is 10.4. The molecular weight excluding hydrogens is 262 g/mol. The highest BCUT2D eigenvalue weighted by Crippen LogP contribution is 2.28. The molecule has 19 heavy (non-hydrogen) atoms. The predicted octanol–water partition coefficient (Wildman–Crippen LogP) is 1.77. The number of rotatable bonds is 5. The molecule has 0 radical (unpaired) electrons. The number of primary amides is 1. The number of amides is 1. The van der Waals surface area contributed by atoms with Crippen molar-refractivity contribution in [2.24, 2.45) is 5.73 Å². The van der Waals surface area contributed by atoms with Crippen LogP contribution in [0, 0.1) is 6.92 Å². The number of carbonyl (C=O) groups excluding carboxylic acids is 1. The average molecular weight is 277 g/mol. The first-order chi connectivity index (χ1) is 9.11. The molecule has 0 aliphatic carbocycles. The van der Waals surface area contributed by atoms with E-state index < -0.39 is 0 Å². The lowest BCUT2D eigenvalue weighted by Crippen LogP contribution is -2.13. The van der Waals surface area contributed by atoms with Crippen LogP contribution < -0.4 is 10.5 Å². The zero-order chi connectivity index (χ0) is 13.8. The van der Waals surface area contributed by atoms with E-state index in [0.717, 1.165) is 17.0 Å². The number of benzene rings is 1. The van der Waals surface area contributed by atoms with Gasteiger partial charge in [0.25, 0.3) is 0 Å². The molecule has 1 amide bonds. The van der Waals surface area contributed by atoms with Crippen LogP contribution in [0.25, 0.3) is 5.69 Å². The molecule has 6 heteroatoms. The number of aromatic nitrogens is 2. The quantitative estimate of drug-likeness (QED) is 0.846. The summed E-state index contributed by atoms with van der Waals surface area (Å²) in [6.45, 7) is 2.01. The van der Waals surface area contributed by atoms with E-state index in [1.807, 2.05) is 35.9 Å². The van der Waals surface area contributed by atoms with Crippen LogP contribution in [-0.2, 0) is 4.79 Å². The molecular formula is C13H15N3O2S. The number of imidazole rings is 1. The monoisotopic (exact) mass is 277 g/mol. The summed E-state index contributed by atoms with van der Waals surface area (Å²) in [7, 11) is 1.63. The molecule has 2 aromatic rings. The maximum atomic E-state index is 10.9. The Morgan fingerprint density at radius 1 is 1.53 bits per heavy atom. The van der Waals surface area contributed by atoms with Crippen LogP contribution in [0.15, 0.2) is 35.7 Å². The molecule has 0 fully saturated rings. The van der Waals surface area contributed by atoms with Crippen LogP contribution in [0.5, 0.6) is 5.75 Å². The first kappa shape index (κ1) is 13.5. The van der Waals surface area contributed by atoms with E-state index in [1.54, 1.807) is 13.3 Å². The summed E-state index contributed by atoms with van der Waals surface area (Å²) in [5, 5.41) is 0.711. The van der Waals surface area contributed by atoms with Gasteiger partial charge in [-0.15, -0.1) is 0 Å². The molecule has 1 aromatic carbocycles. The molecule has 2 N–H and O–H groups in total. The third-order valence-corrected chi connectivity index (χ3v) is 3.53. The van der Waals surface area contributed by atoms with E-state index in [0.29, 0.717) is 5.16 Å². The molecule has 100 valence electrons. The number of ether oxygens (including phenoxy) is 1. The molecule has 0 aliphatic rings. The van der Waals surface area contributed by atoms with Gasteiger partial charge >= 0.3 is 0 Å². The lowest BCUT2D eigenvalue weighted by atomic mass is 10.2. The van der Waals surface area contributed by atoms with Crippen molar-refractivity contribution in [1.29, 1.82) is 0 Å². The molecule has 5 nitrogen and oxygen atoms in total. The smallest absolute Gasteiger partial charge is 0.227 e. The molecule has 0 atom stereocenters. The standard InChI is InChI=1S/C13H15N3O2S/c1-9-3-4-11(18-2)10(7-9)16-6-5-15-13(16)19-8-12(14)17/h3-7H,8H2,1-2H3,(H2,14,17). The minimum Gasteiger partial charge on any atom is -0.495 e. The highest BCUT2D eigenvalue weighted by atomic mass is 32.2. The topological polar surface area (TPSA) is 70.1 Å². The number of aryl methyl sites for hydroxylation is 1. The number of hydrogen-bond acceptors (Lipinski definition) is 4. The minimum atomic E-state index is -0.365. The Morgan fingerprint density at radius 2 is 2.32 bits per heavy atom. The van der Waals surface area contributed by atoms with Gasteiger partial charge in [0.15, 0.2) is 5.16 Å². The van der Waals surface area contributed by atoms with Crippen molar-refractivity contribution < 1.29 is 9.53 Å². The number of nitrogens with two attached hydrogens (primary N) is 1. The predicted molar refractivity (Wildman–Crippen MR) is 74.8 cm³/mol. The first-order valence-electron chi connectivity index (χ1n) is 5.71. The zero-order valence-electron chi connectivity index (χ0n) is 10.8. The Hall–Kier alpha value is -1.95. The molecule has 0 bridgehead atoms. The molecule has 1 aromatic heterocycles. The molecule has 0 aliphatic heterocycles. The summed E-state index contributed by atoms with van der Waals surface area (Å²) in [6.07, 6.45) is 3.52. The van der Waals surface area contributed by atoms with Gasteiger partial charge in [0, 0.05) is 12.4 Å². The van der Waals surface area contributed by atoms with Gasteiger partial charge in [-0.05, 0) is 24.6 Å². The van der Waals surface area contributed by atoms with Crippen LogP contribution in [0.3, 0.4) is 0 Å². The highest BCUT2D eigenvalue weighted by molar-refractivity contribution is 7.99. The largest absolute Gasteiger partial charge is 0.495 e. The van der Waals surface area contributed by atoms with Crippen molar-refractivity contribution in [3.05, 3.63) is 36.2 Å². The molecule has 0 saturated carbocycles. The summed E-state index contributed by atoms with van der Waals surface area (Å²) < 4.78 is 7.24. The Balaban J connectivity index is 2.39. The van der Waals surface area contributed by atoms with E-state index in [2.05, 4.69) is 4.98 Å². The highest BCUT2D eigenvalue weighted by Gasteiger charge is 2.11. The molecule has 0 saturated heterocycles. The van der Waals surface area contributed by atoms with Crippen LogP contribution in [0.4, 0.5) is 0 Å². The van der Waals surface area contributed by atoms with Gasteiger partial charge in [0.05, 0.1) is 18.6 Å². The Labute approximate surface area is 115 Å². The van der Waals surface area contributed by atoms with Crippen LogP contribution >= 0.6 is 11.8 Å². The van der Waals surface area contributed by atoms with E-state index in [4.69, 9.17) is 10.5 Å².